The van der Waals surface area contributed by atoms with Gasteiger partial charge < -0.3 is 0 Å². The Balaban J connectivity index is 2.99. The summed E-state index contributed by atoms with van der Waals surface area (Å²) in [5.41, 5.74) is 4.80. The summed E-state index contributed by atoms with van der Waals surface area (Å²) < 4.78 is 4.07. The first-order valence-electron chi connectivity index (χ1n) is 1.35. The minimum absolute atomic E-state index is 0.0469. The van der Waals surface area contributed by atoms with Crippen molar-refractivity contribution in [3.8, 4) is 0 Å². The van der Waals surface area contributed by atoms with Gasteiger partial charge in [-0.15, -0.1) is 0 Å². The first kappa shape index (κ1) is 5.95. The van der Waals surface area contributed by atoms with Gasteiger partial charge >= 0.3 is 43.2 Å². The predicted molar refractivity (Wildman–Crippen MR) is 22.3 cm³/mol. The number of carbonyl (C=O) groups excluding carboxylic acids is 1. The minimum atomic E-state index is -0.407. The molecule has 0 saturated carbocycles. The van der Waals surface area contributed by atoms with E-state index in [0.717, 1.165) is 0 Å². The summed E-state index contributed by atoms with van der Waals surface area (Å²) in [4.78, 5) is 9.82. The third-order valence-corrected chi connectivity index (χ3v) is 0.696. The van der Waals surface area contributed by atoms with Gasteiger partial charge in [0.15, 0.2) is 0 Å². The standard InChI is InChI=1S/C2H5NO2Se/c3-1-2(4)5-6/h6H,1,3H2. The molecular formula is C2H5NO2Se. The average Bonchev–Trinajstić information content (AvgIpc) is 1.65. The maximum absolute atomic E-state index is 9.82. The van der Waals surface area contributed by atoms with Gasteiger partial charge in [0.1, 0.15) is 0 Å². The van der Waals surface area contributed by atoms with E-state index in [0.29, 0.717) is 0 Å². The zero-order valence-corrected chi connectivity index (χ0v) is 4.92. The zero-order valence-electron chi connectivity index (χ0n) is 3.05. The van der Waals surface area contributed by atoms with Gasteiger partial charge in [-0.05, 0) is 0 Å². The zero-order chi connectivity index (χ0) is 4.99. The molecule has 0 unspecified atom stereocenters. The average molecular weight is 154 g/mol. The van der Waals surface area contributed by atoms with Crippen molar-refractivity contribution in [2.45, 2.75) is 0 Å². The molecule has 0 aliphatic rings. The maximum atomic E-state index is 9.82. The molecule has 0 aromatic rings. The van der Waals surface area contributed by atoms with Crippen LogP contribution in [0.3, 0.4) is 0 Å². The topological polar surface area (TPSA) is 52.3 Å². The van der Waals surface area contributed by atoms with E-state index in [2.05, 4.69) is 3.82 Å². The Morgan fingerprint density at radius 3 is 2.50 bits per heavy atom. The Hall–Kier alpha value is -0.0505. The fourth-order valence-electron chi connectivity index (χ4n) is 0.0373. The molecule has 2 N–H and O–H groups in total. The van der Waals surface area contributed by atoms with Crippen LogP contribution in [0.4, 0.5) is 0 Å². The summed E-state index contributed by atoms with van der Waals surface area (Å²) in [5.74, 6) is -0.407. The number of hydrogen-bond acceptors (Lipinski definition) is 3. The molecule has 0 heterocycles. The van der Waals surface area contributed by atoms with Crippen LogP contribution in [0.5, 0.6) is 0 Å². The molecule has 0 radical (unpaired) electrons. The number of nitrogens with two attached hydrogens (primary N) is 1. The van der Waals surface area contributed by atoms with Crippen LogP contribution in [-0.2, 0) is 8.61 Å². The third kappa shape index (κ3) is 2.20. The summed E-state index contributed by atoms with van der Waals surface area (Å²) in [7, 11) is 0. The summed E-state index contributed by atoms with van der Waals surface area (Å²) in [6, 6.07) is 0. The van der Waals surface area contributed by atoms with E-state index in [1.807, 2.05) is 0 Å². The Kier molecular flexibility index (Phi) is 3.12. The van der Waals surface area contributed by atoms with Gasteiger partial charge in [-0.1, -0.05) is 0 Å². The Labute approximate surface area is 44.0 Å². The van der Waals surface area contributed by atoms with E-state index < -0.39 is 5.97 Å². The normalized spacial score (nSPS) is 7.67. The molecule has 0 amide bonds. The van der Waals surface area contributed by atoms with Crippen LogP contribution in [0.15, 0.2) is 0 Å². The van der Waals surface area contributed by atoms with E-state index in [4.69, 9.17) is 5.73 Å². The molecule has 0 rings (SSSR count). The Morgan fingerprint density at radius 1 is 2.00 bits per heavy atom. The van der Waals surface area contributed by atoms with E-state index in [-0.39, 0.29) is 6.54 Å². The van der Waals surface area contributed by atoms with Crippen molar-refractivity contribution in [3.63, 3.8) is 0 Å². The molecule has 0 fully saturated rings. The number of carbonyl (C=O) groups is 1. The second-order valence-corrected chi connectivity index (χ2v) is 1.05. The molecule has 0 saturated heterocycles. The molecule has 0 aliphatic heterocycles. The molecule has 6 heavy (non-hydrogen) atoms. The van der Waals surface area contributed by atoms with Crippen molar-refractivity contribution >= 4 is 22.3 Å². The quantitative estimate of drug-likeness (QED) is 0.458. The SMILES string of the molecule is NCC(=O)O[SeH]. The number of rotatable bonds is 1. The fraction of sp³-hybridized carbons (Fsp3) is 0.500. The predicted octanol–water partition coefficient (Wildman–Crippen LogP) is -1.70. The molecule has 36 valence electrons. The Morgan fingerprint density at radius 2 is 2.50 bits per heavy atom. The number of hydrogen-bond donors (Lipinski definition) is 1. The fourth-order valence-corrected chi connectivity index (χ4v) is 0.194. The van der Waals surface area contributed by atoms with Gasteiger partial charge in [0.25, 0.3) is 0 Å². The van der Waals surface area contributed by atoms with Crippen LogP contribution in [0.25, 0.3) is 0 Å². The summed E-state index contributed by atoms with van der Waals surface area (Å²) in [5, 5.41) is 0. The van der Waals surface area contributed by atoms with E-state index in [1.165, 1.54) is 0 Å². The first-order valence-corrected chi connectivity index (χ1v) is 2.12. The molecule has 0 spiro atoms. The van der Waals surface area contributed by atoms with Gasteiger partial charge in [-0.3, -0.25) is 0 Å². The van der Waals surface area contributed by atoms with E-state index >= 15 is 0 Å². The van der Waals surface area contributed by atoms with Crippen LogP contribution >= 0.6 is 0 Å². The third-order valence-electron chi connectivity index (χ3n) is 0.268. The van der Waals surface area contributed by atoms with Crippen molar-refractivity contribution in [1.29, 1.82) is 0 Å². The summed E-state index contributed by atoms with van der Waals surface area (Å²) >= 11 is 1.68. The van der Waals surface area contributed by atoms with Crippen LogP contribution < -0.4 is 5.73 Å². The molecule has 0 aromatic carbocycles. The monoisotopic (exact) mass is 155 g/mol. The van der Waals surface area contributed by atoms with Crippen molar-refractivity contribution in [2.75, 3.05) is 6.54 Å². The van der Waals surface area contributed by atoms with Crippen LogP contribution in [0.1, 0.15) is 0 Å². The second-order valence-electron chi connectivity index (χ2n) is 0.667. The first-order chi connectivity index (χ1) is 2.81. The molecular weight excluding hydrogens is 149 g/mol. The Bertz CT molecular complexity index is 49.5. The second kappa shape index (κ2) is 3.15. The summed E-state index contributed by atoms with van der Waals surface area (Å²) in [6.07, 6.45) is 0. The molecule has 0 bridgehead atoms. The van der Waals surface area contributed by atoms with E-state index in [9.17, 15) is 4.79 Å². The van der Waals surface area contributed by atoms with Crippen LogP contribution in [0.2, 0.25) is 0 Å². The molecule has 3 nitrogen and oxygen atoms in total. The van der Waals surface area contributed by atoms with Crippen molar-refractivity contribution in [3.05, 3.63) is 0 Å². The van der Waals surface area contributed by atoms with Crippen molar-refractivity contribution in [2.24, 2.45) is 5.73 Å². The van der Waals surface area contributed by atoms with Crippen LogP contribution in [-0.4, -0.2) is 28.9 Å². The van der Waals surface area contributed by atoms with E-state index in [1.54, 1.807) is 16.3 Å². The van der Waals surface area contributed by atoms with Gasteiger partial charge in [-0.2, -0.15) is 0 Å². The van der Waals surface area contributed by atoms with Crippen LogP contribution in [0, 0.1) is 0 Å². The van der Waals surface area contributed by atoms with Gasteiger partial charge in [0.2, 0.25) is 0 Å². The van der Waals surface area contributed by atoms with Gasteiger partial charge in [0.05, 0.1) is 0 Å². The molecule has 0 atom stereocenters. The summed E-state index contributed by atoms with van der Waals surface area (Å²) in [6.45, 7) is -0.0469. The molecule has 0 aromatic heterocycles. The molecule has 0 aliphatic carbocycles. The van der Waals surface area contributed by atoms with Gasteiger partial charge in [0, 0.05) is 0 Å². The molecule has 4 heteroatoms. The van der Waals surface area contributed by atoms with Crippen molar-refractivity contribution < 1.29 is 8.61 Å². The van der Waals surface area contributed by atoms with Gasteiger partial charge in [-0.25, -0.2) is 0 Å². The van der Waals surface area contributed by atoms with Crippen molar-refractivity contribution in [1.82, 2.24) is 0 Å².